The lowest BCUT2D eigenvalue weighted by atomic mass is 10.7. The number of aromatic amines is 1. The summed E-state index contributed by atoms with van der Waals surface area (Å²) >= 11 is 1.48. The lowest BCUT2D eigenvalue weighted by Gasteiger charge is -1.99. The van der Waals surface area contributed by atoms with Crippen molar-refractivity contribution in [3.05, 3.63) is 6.33 Å². The minimum absolute atomic E-state index is 0.102. The lowest BCUT2D eigenvalue weighted by molar-refractivity contribution is -0.113. The van der Waals surface area contributed by atoms with E-state index < -0.39 is 0 Å². The van der Waals surface area contributed by atoms with Gasteiger partial charge in [0.2, 0.25) is 11.9 Å². The normalized spacial score (nSPS) is 9.92. The van der Waals surface area contributed by atoms with Gasteiger partial charge in [-0.25, -0.2) is 5.10 Å². The molecule has 0 atom stereocenters. The molecule has 0 aliphatic heterocycles. The first kappa shape index (κ1) is 10.0. The number of carbonyl (C=O) groups is 1. The van der Waals surface area contributed by atoms with Gasteiger partial charge in [-0.05, 0) is 0 Å². The van der Waals surface area contributed by atoms with E-state index >= 15 is 0 Å². The number of carbonyl (C=O) groups excluding carboxylic acids is 1. The van der Waals surface area contributed by atoms with Crippen LogP contribution in [0.2, 0.25) is 0 Å². The summed E-state index contributed by atoms with van der Waals surface area (Å²) in [6, 6.07) is 0. The summed E-state index contributed by atoms with van der Waals surface area (Å²) in [7, 11) is 0. The van der Waals surface area contributed by atoms with Crippen LogP contribution in [-0.2, 0) is 4.79 Å². The number of aromatic nitrogens is 3. The predicted octanol–water partition coefficient (Wildman–Crippen LogP) is -0.565. The van der Waals surface area contributed by atoms with E-state index in [4.69, 9.17) is 5.73 Å². The monoisotopic (exact) mass is 201 g/mol. The van der Waals surface area contributed by atoms with Crippen LogP contribution in [0.25, 0.3) is 0 Å². The third-order valence-electron chi connectivity index (χ3n) is 1.17. The van der Waals surface area contributed by atoms with E-state index in [9.17, 15) is 4.79 Å². The maximum Gasteiger partial charge on any atom is 0.236 e. The average Bonchev–Trinajstić information content (AvgIpc) is 2.57. The molecule has 0 saturated heterocycles. The largest absolute Gasteiger partial charge is 0.330 e. The number of nitrogens with one attached hydrogen (secondary N) is 2. The van der Waals surface area contributed by atoms with Gasteiger partial charge >= 0.3 is 0 Å². The number of rotatable bonds is 5. The number of nitrogens with two attached hydrogens (primary N) is 1. The summed E-state index contributed by atoms with van der Waals surface area (Å²) in [6.07, 6.45) is 1.34. The molecule has 0 radical (unpaired) electrons. The van der Waals surface area contributed by atoms with Crippen LogP contribution in [0.1, 0.15) is 0 Å². The minimum Gasteiger partial charge on any atom is -0.330 e. The van der Waals surface area contributed by atoms with Gasteiger partial charge in [-0.3, -0.25) is 10.1 Å². The first-order valence-corrected chi connectivity index (χ1v) is 4.91. The number of H-pyrrole nitrogens is 1. The molecule has 1 aromatic heterocycles. The number of hydrogen-bond donors (Lipinski definition) is 3. The maximum absolute atomic E-state index is 11.1. The molecule has 0 aliphatic carbocycles. The van der Waals surface area contributed by atoms with Gasteiger partial charge in [0.1, 0.15) is 6.33 Å². The van der Waals surface area contributed by atoms with E-state index in [1.54, 1.807) is 0 Å². The molecule has 0 aliphatic rings. The van der Waals surface area contributed by atoms with Gasteiger partial charge in [-0.15, -0.1) is 0 Å². The smallest absolute Gasteiger partial charge is 0.236 e. The average molecular weight is 201 g/mol. The number of anilines is 1. The highest BCUT2D eigenvalue weighted by atomic mass is 32.2. The van der Waals surface area contributed by atoms with Crippen LogP contribution in [0.15, 0.2) is 6.33 Å². The van der Waals surface area contributed by atoms with Crippen LogP contribution in [0.4, 0.5) is 5.95 Å². The molecule has 7 heteroatoms. The van der Waals surface area contributed by atoms with E-state index in [0.29, 0.717) is 18.2 Å². The van der Waals surface area contributed by atoms with Crippen LogP contribution in [0.5, 0.6) is 0 Å². The van der Waals surface area contributed by atoms with E-state index in [1.807, 2.05) is 0 Å². The predicted molar refractivity (Wildman–Crippen MR) is 51.4 cm³/mol. The Hall–Kier alpha value is -1.08. The second kappa shape index (κ2) is 5.55. The van der Waals surface area contributed by atoms with Gasteiger partial charge in [0.25, 0.3) is 0 Å². The summed E-state index contributed by atoms with van der Waals surface area (Å²) in [6.45, 7) is 0.584. The quantitative estimate of drug-likeness (QED) is 0.555. The fourth-order valence-electron chi connectivity index (χ4n) is 0.682. The topological polar surface area (TPSA) is 96.7 Å². The molecular formula is C6H11N5OS. The van der Waals surface area contributed by atoms with Crippen molar-refractivity contribution in [1.29, 1.82) is 0 Å². The van der Waals surface area contributed by atoms with Gasteiger partial charge in [-0.1, -0.05) is 0 Å². The molecule has 6 nitrogen and oxygen atoms in total. The number of hydrogen-bond acceptors (Lipinski definition) is 5. The molecule has 13 heavy (non-hydrogen) atoms. The highest BCUT2D eigenvalue weighted by Crippen LogP contribution is 1.99. The van der Waals surface area contributed by atoms with Gasteiger partial charge in [0.05, 0.1) is 5.75 Å². The van der Waals surface area contributed by atoms with Crippen molar-refractivity contribution in [3.8, 4) is 0 Å². The Balaban J connectivity index is 2.18. The van der Waals surface area contributed by atoms with Gasteiger partial charge in [-0.2, -0.15) is 21.8 Å². The van der Waals surface area contributed by atoms with Crippen LogP contribution in [0, 0.1) is 0 Å². The fraction of sp³-hybridized carbons (Fsp3) is 0.500. The summed E-state index contributed by atoms with van der Waals surface area (Å²) in [5, 5.41) is 8.68. The molecule has 4 N–H and O–H groups in total. The molecule has 1 heterocycles. The summed E-state index contributed by atoms with van der Waals surface area (Å²) in [5.74, 6) is 1.44. The highest BCUT2D eigenvalue weighted by molar-refractivity contribution is 7.99. The van der Waals surface area contributed by atoms with Crippen LogP contribution < -0.4 is 11.1 Å². The van der Waals surface area contributed by atoms with Crippen molar-refractivity contribution in [1.82, 2.24) is 15.2 Å². The van der Waals surface area contributed by atoms with Gasteiger partial charge < -0.3 is 5.73 Å². The van der Waals surface area contributed by atoms with Crippen molar-refractivity contribution in [2.45, 2.75) is 0 Å². The first-order valence-electron chi connectivity index (χ1n) is 3.76. The number of amides is 1. The second-order valence-corrected chi connectivity index (χ2v) is 3.33. The van der Waals surface area contributed by atoms with Gasteiger partial charge in [0.15, 0.2) is 0 Å². The SMILES string of the molecule is NCCSCC(=O)Nc1ncn[nH]1. The zero-order valence-electron chi connectivity index (χ0n) is 6.99. The highest BCUT2D eigenvalue weighted by Gasteiger charge is 2.02. The van der Waals surface area contributed by atoms with Crippen LogP contribution in [0.3, 0.4) is 0 Å². The molecule has 0 fully saturated rings. The molecule has 0 unspecified atom stereocenters. The molecule has 0 aromatic carbocycles. The summed E-state index contributed by atoms with van der Waals surface area (Å²) < 4.78 is 0. The second-order valence-electron chi connectivity index (χ2n) is 2.22. The Kier molecular flexibility index (Phi) is 4.27. The van der Waals surface area contributed by atoms with Crippen molar-refractivity contribution in [2.24, 2.45) is 5.73 Å². The number of thioether (sulfide) groups is 1. The molecule has 1 rings (SSSR count). The molecule has 0 saturated carbocycles. The van der Waals surface area contributed by atoms with Crippen molar-refractivity contribution < 1.29 is 4.79 Å². The molecule has 0 spiro atoms. The Morgan fingerprint density at radius 2 is 2.62 bits per heavy atom. The molecule has 1 aromatic rings. The molecule has 1 amide bonds. The zero-order chi connectivity index (χ0) is 9.52. The first-order chi connectivity index (χ1) is 6.33. The minimum atomic E-state index is -0.102. The van der Waals surface area contributed by atoms with Crippen molar-refractivity contribution in [2.75, 3.05) is 23.4 Å². The molecular weight excluding hydrogens is 190 g/mol. The zero-order valence-corrected chi connectivity index (χ0v) is 7.80. The molecule has 0 bridgehead atoms. The van der Waals surface area contributed by atoms with Crippen molar-refractivity contribution in [3.63, 3.8) is 0 Å². The lowest BCUT2D eigenvalue weighted by Crippen LogP contribution is -2.16. The summed E-state index contributed by atoms with van der Waals surface area (Å²) in [5.41, 5.74) is 5.27. The molecule has 72 valence electrons. The Bertz CT molecular complexity index is 250. The van der Waals surface area contributed by atoms with Crippen molar-refractivity contribution >= 4 is 23.6 Å². The van der Waals surface area contributed by atoms with E-state index in [-0.39, 0.29) is 5.91 Å². The third kappa shape index (κ3) is 3.90. The van der Waals surface area contributed by atoms with Crippen LogP contribution >= 0.6 is 11.8 Å². The van der Waals surface area contributed by atoms with Crippen LogP contribution in [-0.4, -0.2) is 39.1 Å². The summed E-state index contributed by atoms with van der Waals surface area (Å²) in [4.78, 5) is 14.9. The maximum atomic E-state index is 11.1. The van der Waals surface area contributed by atoms with E-state index in [1.165, 1.54) is 18.1 Å². The van der Waals surface area contributed by atoms with E-state index in [0.717, 1.165) is 5.75 Å². The van der Waals surface area contributed by atoms with E-state index in [2.05, 4.69) is 20.5 Å². The Morgan fingerprint density at radius 3 is 3.23 bits per heavy atom. The number of nitrogens with zero attached hydrogens (tertiary/aromatic N) is 2. The third-order valence-corrected chi connectivity index (χ3v) is 2.16. The Labute approximate surface area is 79.7 Å². The van der Waals surface area contributed by atoms with Gasteiger partial charge in [0, 0.05) is 12.3 Å². The standard InChI is InChI=1S/C6H11N5OS/c7-1-2-13-3-5(12)10-6-8-4-9-11-6/h4H,1-3,7H2,(H2,8,9,10,11,12). The fourth-order valence-corrected chi connectivity index (χ4v) is 1.25. The Morgan fingerprint density at radius 1 is 1.77 bits per heavy atom.